The van der Waals surface area contributed by atoms with Crippen LogP contribution in [0.5, 0.6) is 0 Å². The van der Waals surface area contributed by atoms with Gasteiger partial charge in [0.2, 0.25) is 0 Å². The first-order chi connectivity index (χ1) is 13.0. The Morgan fingerprint density at radius 3 is 2.78 bits per heavy atom. The Hall–Kier alpha value is -1.52. The lowest BCUT2D eigenvalue weighted by molar-refractivity contribution is -0.121. The molecule has 4 atom stereocenters. The van der Waals surface area contributed by atoms with Crippen molar-refractivity contribution in [2.75, 3.05) is 6.61 Å². The van der Waals surface area contributed by atoms with E-state index in [0.29, 0.717) is 12.3 Å². The molecule has 1 aliphatic rings. The first-order valence-electron chi connectivity index (χ1n) is 10.3. The van der Waals surface area contributed by atoms with Crippen LogP contribution in [0.3, 0.4) is 0 Å². The maximum Gasteiger partial charge on any atom is 0.162 e. The third-order valence-electron chi connectivity index (χ3n) is 5.11. The van der Waals surface area contributed by atoms with Gasteiger partial charge in [0.15, 0.2) is 11.6 Å². The SMILES string of the molecule is CCCC[C@H](C)C[C@H](O)/C=C/[C@H]1C(=O)C=C[C@@H]1C/C=C\CCCC(=O)CO. The van der Waals surface area contributed by atoms with Gasteiger partial charge in [-0.25, -0.2) is 0 Å². The number of hydrogen-bond acceptors (Lipinski definition) is 4. The van der Waals surface area contributed by atoms with Gasteiger partial charge in [-0.2, -0.15) is 0 Å². The van der Waals surface area contributed by atoms with E-state index in [9.17, 15) is 14.7 Å². The number of ketones is 2. The summed E-state index contributed by atoms with van der Waals surface area (Å²) in [6, 6.07) is 0. The van der Waals surface area contributed by atoms with Crippen molar-refractivity contribution in [1.29, 1.82) is 0 Å². The molecular weight excluding hydrogens is 340 g/mol. The van der Waals surface area contributed by atoms with Crippen LogP contribution in [0.4, 0.5) is 0 Å². The standard InChI is InChI=1S/C23H36O4/c1-3-4-9-18(2)16-20(25)13-14-22-19(12-15-23(22)27)10-7-5-6-8-11-21(26)17-24/h5,7,12-15,18-20,22,24-25H,3-4,6,8-11,16-17H2,1-2H3/b7-5-,14-13+/t18-,19-,20+,22+/m0/s1. The molecule has 1 aliphatic carbocycles. The van der Waals surface area contributed by atoms with E-state index in [-0.39, 0.29) is 30.0 Å². The van der Waals surface area contributed by atoms with Crippen molar-refractivity contribution < 1.29 is 19.8 Å². The largest absolute Gasteiger partial charge is 0.389 e. The highest BCUT2D eigenvalue weighted by molar-refractivity contribution is 5.95. The molecule has 152 valence electrons. The Morgan fingerprint density at radius 2 is 2.07 bits per heavy atom. The van der Waals surface area contributed by atoms with Crippen molar-refractivity contribution >= 4 is 11.6 Å². The molecule has 2 N–H and O–H groups in total. The number of carbonyl (C=O) groups excluding carboxylic acids is 2. The molecule has 0 unspecified atom stereocenters. The van der Waals surface area contributed by atoms with Gasteiger partial charge in [0.25, 0.3) is 0 Å². The number of carbonyl (C=O) groups is 2. The van der Waals surface area contributed by atoms with Crippen LogP contribution in [0.1, 0.15) is 65.2 Å². The number of Topliss-reactive ketones (excluding diaryl/α,β-unsaturated/α-hetero) is 1. The zero-order chi connectivity index (χ0) is 20.1. The summed E-state index contributed by atoms with van der Waals surface area (Å²) in [5, 5.41) is 18.9. The molecule has 27 heavy (non-hydrogen) atoms. The average Bonchev–Trinajstić information content (AvgIpc) is 3.00. The van der Waals surface area contributed by atoms with E-state index in [1.165, 1.54) is 12.8 Å². The minimum atomic E-state index is -0.495. The molecule has 0 fully saturated rings. The first kappa shape index (κ1) is 23.5. The maximum absolute atomic E-state index is 12.1. The van der Waals surface area contributed by atoms with Crippen molar-refractivity contribution in [2.24, 2.45) is 17.8 Å². The molecule has 0 spiro atoms. The molecule has 4 nitrogen and oxygen atoms in total. The zero-order valence-electron chi connectivity index (χ0n) is 16.8. The van der Waals surface area contributed by atoms with E-state index in [0.717, 1.165) is 32.1 Å². The van der Waals surface area contributed by atoms with Gasteiger partial charge < -0.3 is 10.2 Å². The van der Waals surface area contributed by atoms with Crippen molar-refractivity contribution in [2.45, 2.75) is 71.3 Å². The fraction of sp³-hybridized carbons (Fsp3) is 0.652. The summed E-state index contributed by atoms with van der Waals surface area (Å²) in [6.45, 7) is 3.96. The Morgan fingerprint density at radius 1 is 1.30 bits per heavy atom. The van der Waals surface area contributed by atoms with Crippen LogP contribution in [0.2, 0.25) is 0 Å². The van der Waals surface area contributed by atoms with Gasteiger partial charge >= 0.3 is 0 Å². The van der Waals surface area contributed by atoms with Crippen molar-refractivity contribution in [3.63, 3.8) is 0 Å². The molecule has 0 aromatic rings. The number of rotatable bonds is 14. The third-order valence-corrected chi connectivity index (χ3v) is 5.11. The number of hydrogen-bond donors (Lipinski definition) is 2. The molecule has 0 aromatic heterocycles. The zero-order valence-corrected chi connectivity index (χ0v) is 16.8. The summed E-state index contributed by atoms with van der Waals surface area (Å²) in [4.78, 5) is 23.1. The Bertz CT molecular complexity index is 532. The van der Waals surface area contributed by atoms with E-state index in [2.05, 4.69) is 19.9 Å². The lowest BCUT2D eigenvalue weighted by atomic mass is 9.90. The molecule has 0 amide bonds. The number of allylic oxidation sites excluding steroid dienone is 5. The fourth-order valence-corrected chi connectivity index (χ4v) is 3.40. The van der Waals surface area contributed by atoms with Gasteiger partial charge in [-0.3, -0.25) is 9.59 Å². The predicted molar refractivity (Wildman–Crippen MR) is 109 cm³/mol. The molecule has 0 aromatic carbocycles. The van der Waals surface area contributed by atoms with E-state index in [1.54, 1.807) is 12.2 Å². The van der Waals surface area contributed by atoms with E-state index >= 15 is 0 Å². The van der Waals surface area contributed by atoms with Crippen LogP contribution in [-0.2, 0) is 9.59 Å². The van der Waals surface area contributed by atoms with Crippen molar-refractivity contribution in [3.05, 3.63) is 36.5 Å². The van der Waals surface area contributed by atoms with E-state index in [4.69, 9.17) is 5.11 Å². The third kappa shape index (κ3) is 9.83. The van der Waals surface area contributed by atoms with Crippen LogP contribution in [0.25, 0.3) is 0 Å². The summed E-state index contributed by atoms with van der Waals surface area (Å²) < 4.78 is 0. The Balaban J connectivity index is 2.40. The molecular formula is C23H36O4. The highest BCUT2D eigenvalue weighted by Gasteiger charge is 2.27. The van der Waals surface area contributed by atoms with Crippen LogP contribution in [0.15, 0.2) is 36.5 Å². The molecule has 0 saturated heterocycles. The second-order valence-corrected chi connectivity index (χ2v) is 7.68. The lowest BCUT2D eigenvalue weighted by Gasteiger charge is -2.16. The summed E-state index contributed by atoms with van der Waals surface area (Å²) in [5.74, 6) is 0.406. The Kier molecular flexibility index (Phi) is 11.9. The molecule has 4 heteroatoms. The van der Waals surface area contributed by atoms with Gasteiger partial charge in [0.05, 0.1) is 6.10 Å². The van der Waals surface area contributed by atoms with Crippen LogP contribution >= 0.6 is 0 Å². The minimum Gasteiger partial charge on any atom is -0.389 e. The monoisotopic (exact) mass is 376 g/mol. The van der Waals surface area contributed by atoms with Gasteiger partial charge in [0.1, 0.15) is 6.61 Å². The molecule has 1 rings (SSSR count). The maximum atomic E-state index is 12.1. The highest BCUT2D eigenvalue weighted by atomic mass is 16.3. The second kappa shape index (κ2) is 13.6. The number of aliphatic hydroxyl groups is 2. The van der Waals surface area contributed by atoms with Crippen LogP contribution < -0.4 is 0 Å². The quantitative estimate of drug-likeness (QED) is 0.352. The summed E-state index contributed by atoms with van der Waals surface area (Å²) in [7, 11) is 0. The first-order valence-corrected chi connectivity index (χ1v) is 10.3. The van der Waals surface area contributed by atoms with Gasteiger partial charge in [-0.15, -0.1) is 0 Å². The van der Waals surface area contributed by atoms with E-state index in [1.807, 2.05) is 18.2 Å². The smallest absolute Gasteiger partial charge is 0.162 e. The number of aliphatic hydroxyl groups excluding tert-OH is 2. The van der Waals surface area contributed by atoms with Crippen molar-refractivity contribution in [3.8, 4) is 0 Å². The van der Waals surface area contributed by atoms with Crippen LogP contribution in [0, 0.1) is 17.8 Å². The Labute approximate surface area is 164 Å². The summed E-state index contributed by atoms with van der Waals surface area (Å²) >= 11 is 0. The topological polar surface area (TPSA) is 74.6 Å². The fourth-order valence-electron chi connectivity index (χ4n) is 3.40. The normalized spacial score (nSPS) is 22.1. The molecule has 0 heterocycles. The van der Waals surface area contributed by atoms with Gasteiger partial charge in [-0.1, -0.05) is 63.5 Å². The van der Waals surface area contributed by atoms with Crippen LogP contribution in [-0.4, -0.2) is 34.5 Å². The lowest BCUT2D eigenvalue weighted by Crippen LogP contribution is -2.15. The average molecular weight is 377 g/mol. The number of unbranched alkanes of at least 4 members (excludes halogenated alkanes) is 2. The molecule has 0 aliphatic heterocycles. The summed E-state index contributed by atoms with van der Waals surface area (Å²) in [5.41, 5.74) is 0. The molecule has 0 saturated carbocycles. The summed E-state index contributed by atoms with van der Waals surface area (Å²) in [6.07, 6.45) is 17.8. The predicted octanol–water partition coefficient (Wildman–Crippen LogP) is 4.17. The van der Waals surface area contributed by atoms with Crippen molar-refractivity contribution in [1.82, 2.24) is 0 Å². The minimum absolute atomic E-state index is 0.101. The molecule has 0 bridgehead atoms. The van der Waals surface area contributed by atoms with E-state index < -0.39 is 6.10 Å². The highest BCUT2D eigenvalue weighted by Crippen LogP contribution is 2.27. The second-order valence-electron chi connectivity index (χ2n) is 7.68. The van der Waals surface area contributed by atoms with Gasteiger partial charge in [-0.05, 0) is 43.6 Å². The van der Waals surface area contributed by atoms with Gasteiger partial charge in [0, 0.05) is 12.3 Å². The molecule has 0 radical (unpaired) electrons.